The number of hydrogen-bond donors (Lipinski definition) is 1. The molecule has 0 aliphatic heterocycles. The van der Waals surface area contributed by atoms with Crippen LogP contribution in [0.2, 0.25) is 0 Å². The molecule has 0 fully saturated rings. The van der Waals surface area contributed by atoms with Crippen molar-refractivity contribution < 1.29 is 9.53 Å². The van der Waals surface area contributed by atoms with Crippen LogP contribution in [0.1, 0.15) is 21.5 Å². The number of para-hydroxylation sites is 1. The van der Waals surface area contributed by atoms with Crippen LogP contribution in [0.4, 0.5) is 0 Å². The first-order valence-electron chi connectivity index (χ1n) is 6.80. The summed E-state index contributed by atoms with van der Waals surface area (Å²) in [5.41, 5.74) is 2.98. The normalized spacial score (nSPS) is 10.2. The number of hydrogen-bond acceptors (Lipinski definition) is 2. The quantitative estimate of drug-likeness (QED) is 0.833. The zero-order valence-corrected chi connectivity index (χ0v) is 13.7. The molecule has 110 valence electrons. The topological polar surface area (TPSA) is 38.3 Å². The van der Waals surface area contributed by atoms with Crippen LogP contribution < -0.4 is 10.1 Å². The summed E-state index contributed by atoms with van der Waals surface area (Å²) in [6.07, 6.45) is 0. The molecule has 0 spiro atoms. The Kier molecular flexibility index (Phi) is 5.39. The van der Waals surface area contributed by atoms with E-state index in [1.165, 1.54) is 5.56 Å². The largest absolute Gasteiger partial charge is 0.491 e. The minimum Gasteiger partial charge on any atom is -0.491 e. The fraction of sp³-hybridized carbons (Fsp3) is 0.235. The van der Waals surface area contributed by atoms with E-state index in [0.717, 1.165) is 15.8 Å². The fourth-order valence-electron chi connectivity index (χ4n) is 1.87. The Labute approximate surface area is 133 Å². The summed E-state index contributed by atoms with van der Waals surface area (Å²) >= 11 is 3.42. The van der Waals surface area contributed by atoms with Gasteiger partial charge in [0.15, 0.2) is 0 Å². The van der Waals surface area contributed by atoms with Gasteiger partial charge in [-0.15, -0.1) is 0 Å². The van der Waals surface area contributed by atoms with E-state index in [1.54, 1.807) is 0 Å². The summed E-state index contributed by atoms with van der Waals surface area (Å²) in [6.45, 7) is 4.93. The molecule has 2 rings (SSSR count). The highest BCUT2D eigenvalue weighted by molar-refractivity contribution is 9.10. The second-order valence-electron chi connectivity index (χ2n) is 4.83. The molecular formula is C17H18BrNO2. The first kappa shape index (κ1) is 15.6. The zero-order valence-electron chi connectivity index (χ0n) is 12.2. The van der Waals surface area contributed by atoms with Crippen molar-refractivity contribution in [3.8, 4) is 5.75 Å². The van der Waals surface area contributed by atoms with Gasteiger partial charge in [-0.2, -0.15) is 0 Å². The monoisotopic (exact) mass is 347 g/mol. The number of rotatable bonds is 5. The first-order chi connectivity index (χ1) is 10.1. The van der Waals surface area contributed by atoms with Crippen LogP contribution in [-0.4, -0.2) is 19.1 Å². The van der Waals surface area contributed by atoms with Crippen LogP contribution >= 0.6 is 15.9 Å². The Bertz CT molecular complexity index is 640. The molecule has 0 bridgehead atoms. The lowest BCUT2D eigenvalue weighted by Gasteiger charge is -2.09. The molecule has 0 aliphatic carbocycles. The molecule has 1 amide bonds. The maximum Gasteiger partial charge on any atom is 0.251 e. The van der Waals surface area contributed by atoms with Crippen molar-refractivity contribution in [2.24, 2.45) is 0 Å². The highest BCUT2D eigenvalue weighted by Gasteiger charge is 2.06. The van der Waals surface area contributed by atoms with E-state index < -0.39 is 0 Å². The summed E-state index contributed by atoms with van der Waals surface area (Å²) in [5, 5.41) is 2.86. The van der Waals surface area contributed by atoms with Gasteiger partial charge in [0.1, 0.15) is 12.4 Å². The van der Waals surface area contributed by atoms with Crippen LogP contribution in [0.15, 0.2) is 46.9 Å². The van der Waals surface area contributed by atoms with Crippen LogP contribution in [0, 0.1) is 13.8 Å². The molecule has 2 aromatic carbocycles. The summed E-state index contributed by atoms with van der Waals surface area (Å²) < 4.78 is 6.51. The average Bonchev–Trinajstić information content (AvgIpc) is 2.48. The fourth-order valence-corrected chi connectivity index (χ4v) is 2.27. The summed E-state index contributed by atoms with van der Waals surface area (Å²) in [7, 11) is 0. The smallest absolute Gasteiger partial charge is 0.251 e. The number of halogens is 1. The maximum absolute atomic E-state index is 12.0. The van der Waals surface area contributed by atoms with E-state index in [1.807, 2.05) is 56.3 Å². The van der Waals surface area contributed by atoms with Crippen molar-refractivity contribution in [2.75, 3.05) is 13.2 Å². The van der Waals surface area contributed by atoms with Gasteiger partial charge in [0.2, 0.25) is 0 Å². The van der Waals surface area contributed by atoms with Crippen molar-refractivity contribution in [3.63, 3.8) is 0 Å². The predicted molar refractivity (Wildman–Crippen MR) is 87.9 cm³/mol. The Morgan fingerprint density at radius 3 is 2.62 bits per heavy atom. The van der Waals surface area contributed by atoms with E-state index in [4.69, 9.17) is 4.74 Å². The SMILES string of the molecule is Cc1ccc(C(=O)NCCOc2ccccc2Br)cc1C. The third-order valence-corrected chi connectivity index (χ3v) is 3.91. The van der Waals surface area contributed by atoms with Crippen LogP contribution in [-0.2, 0) is 0 Å². The van der Waals surface area contributed by atoms with Gasteiger partial charge in [-0.25, -0.2) is 0 Å². The Morgan fingerprint density at radius 1 is 1.14 bits per heavy atom. The van der Waals surface area contributed by atoms with Gasteiger partial charge in [0, 0.05) is 5.56 Å². The molecule has 0 aromatic heterocycles. The average molecular weight is 348 g/mol. The first-order valence-corrected chi connectivity index (χ1v) is 7.60. The summed E-state index contributed by atoms with van der Waals surface area (Å²) in [6, 6.07) is 13.3. The van der Waals surface area contributed by atoms with Gasteiger partial charge in [0.25, 0.3) is 5.91 Å². The molecular weight excluding hydrogens is 330 g/mol. The molecule has 0 unspecified atom stereocenters. The lowest BCUT2D eigenvalue weighted by Crippen LogP contribution is -2.28. The number of ether oxygens (including phenoxy) is 1. The van der Waals surface area contributed by atoms with E-state index in [-0.39, 0.29) is 5.91 Å². The van der Waals surface area contributed by atoms with Crippen LogP contribution in [0.5, 0.6) is 5.75 Å². The zero-order chi connectivity index (χ0) is 15.2. The van der Waals surface area contributed by atoms with Gasteiger partial charge in [-0.05, 0) is 65.2 Å². The molecule has 0 heterocycles. The molecule has 0 aliphatic rings. The van der Waals surface area contributed by atoms with E-state index >= 15 is 0 Å². The van der Waals surface area contributed by atoms with Gasteiger partial charge < -0.3 is 10.1 Å². The number of amides is 1. The van der Waals surface area contributed by atoms with Crippen molar-refractivity contribution in [3.05, 3.63) is 63.6 Å². The Morgan fingerprint density at radius 2 is 1.90 bits per heavy atom. The molecule has 21 heavy (non-hydrogen) atoms. The van der Waals surface area contributed by atoms with E-state index in [9.17, 15) is 4.79 Å². The standard InChI is InChI=1S/C17H18BrNO2/c1-12-7-8-14(11-13(12)2)17(20)19-9-10-21-16-6-4-3-5-15(16)18/h3-8,11H,9-10H2,1-2H3,(H,19,20). The number of nitrogens with one attached hydrogen (secondary N) is 1. The minimum absolute atomic E-state index is 0.0752. The maximum atomic E-state index is 12.0. The van der Waals surface area contributed by atoms with E-state index in [0.29, 0.717) is 18.7 Å². The second-order valence-corrected chi connectivity index (χ2v) is 5.69. The van der Waals surface area contributed by atoms with Crippen molar-refractivity contribution >= 4 is 21.8 Å². The number of benzene rings is 2. The minimum atomic E-state index is -0.0752. The van der Waals surface area contributed by atoms with Gasteiger partial charge in [0.05, 0.1) is 11.0 Å². The second kappa shape index (κ2) is 7.27. The molecule has 1 N–H and O–H groups in total. The molecule has 0 saturated carbocycles. The van der Waals surface area contributed by atoms with Gasteiger partial charge >= 0.3 is 0 Å². The lowest BCUT2D eigenvalue weighted by atomic mass is 10.1. The van der Waals surface area contributed by atoms with Crippen LogP contribution in [0.3, 0.4) is 0 Å². The third-order valence-electron chi connectivity index (χ3n) is 3.25. The van der Waals surface area contributed by atoms with Crippen molar-refractivity contribution in [1.29, 1.82) is 0 Å². The highest BCUT2D eigenvalue weighted by atomic mass is 79.9. The Hall–Kier alpha value is -1.81. The van der Waals surface area contributed by atoms with Gasteiger partial charge in [-0.1, -0.05) is 18.2 Å². The van der Waals surface area contributed by atoms with Gasteiger partial charge in [-0.3, -0.25) is 4.79 Å². The molecule has 0 radical (unpaired) electrons. The molecule has 4 heteroatoms. The van der Waals surface area contributed by atoms with Crippen LogP contribution in [0.25, 0.3) is 0 Å². The number of carbonyl (C=O) groups is 1. The van der Waals surface area contributed by atoms with Crippen molar-refractivity contribution in [2.45, 2.75) is 13.8 Å². The number of aryl methyl sites for hydroxylation is 2. The molecule has 0 atom stereocenters. The highest BCUT2D eigenvalue weighted by Crippen LogP contribution is 2.23. The third kappa shape index (κ3) is 4.33. The predicted octanol–water partition coefficient (Wildman–Crippen LogP) is 3.87. The molecule has 3 nitrogen and oxygen atoms in total. The lowest BCUT2D eigenvalue weighted by molar-refractivity contribution is 0.0947. The summed E-state index contributed by atoms with van der Waals surface area (Å²) in [4.78, 5) is 12.0. The molecule has 2 aromatic rings. The summed E-state index contributed by atoms with van der Waals surface area (Å²) in [5.74, 6) is 0.701. The van der Waals surface area contributed by atoms with Crippen molar-refractivity contribution in [1.82, 2.24) is 5.32 Å². The number of carbonyl (C=O) groups excluding carboxylic acids is 1. The molecule has 0 saturated heterocycles. The van der Waals surface area contributed by atoms with E-state index in [2.05, 4.69) is 21.2 Å². The Balaban J connectivity index is 1.82.